The number of aliphatic hydroxyl groups excluding tert-OH is 3. The average molecular weight is 919 g/mol. The number of hydrogen-bond donors (Lipinski definition) is 6. The van der Waals surface area contributed by atoms with Gasteiger partial charge in [-0.05, 0) is 114 Å². The summed E-state index contributed by atoms with van der Waals surface area (Å²) in [4.78, 5) is 12.0. The second-order valence-corrected chi connectivity index (χ2v) is 18.9. The molecule has 17 nitrogen and oxygen atoms in total. The number of nitrogens with two attached hydrogens (primary N) is 2. The third-order valence-corrected chi connectivity index (χ3v) is 12.0. The lowest BCUT2D eigenvalue weighted by atomic mass is 9.76. The lowest BCUT2D eigenvalue weighted by molar-refractivity contribution is -0.0271. The maximum Gasteiger partial charge on any atom is 0.499 e. The number of rotatable bonds is 7. The van der Waals surface area contributed by atoms with Crippen LogP contribution in [0.15, 0.2) is 36.4 Å². The van der Waals surface area contributed by atoms with Crippen LogP contribution in [-0.4, -0.2) is 124 Å². The highest BCUT2D eigenvalue weighted by Gasteiger charge is 2.50. The average Bonchev–Trinajstić information content (AvgIpc) is 3.88. The van der Waals surface area contributed by atoms with E-state index in [9.17, 15) is 20.1 Å². The van der Waals surface area contributed by atoms with Crippen molar-refractivity contribution in [1.29, 1.82) is 0 Å². The van der Waals surface area contributed by atoms with Crippen LogP contribution in [0.3, 0.4) is 0 Å². The van der Waals surface area contributed by atoms with Gasteiger partial charge in [0.05, 0.1) is 38.1 Å². The Labute approximate surface area is 389 Å². The van der Waals surface area contributed by atoms with Gasteiger partial charge in [-0.15, -0.1) is 0 Å². The first-order valence-corrected chi connectivity index (χ1v) is 22.8. The van der Waals surface area contributed by atoms with Crippen molar-refractivity contribution in [2.24, 2.45) is 11.5 Å². The molecule has 0 radical (unpaired) electrons. The second kappa shape index (κ2) is 20.8. The molecule has 0 saturated carbocycles. The fourth-order valence-corrected chi connectivity index (χ4v) is 8.49. The normalized spacial score (nSPS) is 26.4. The van der Waals surface area contributed by atoms with Gasteiger partial charge in [-0.25, -0.2) is 4.79 Å². The van der Waals surface area contributed by atoms with Gasteiger partial charge in [-0.2, -0.15) is 0 Å². The molecule has 3 aromatic rings. The Balaban J connectivity index is 0.000000163. The van der Waals surface area contributed by atoms with Crippen molar-refractivity contribution in [1.82, 2.24) is 5.32 Å². The lowest BCUT2D eigenvalue weighted by Gasteiger charge is -2.27. The SMILES string of the molecule is CC.Cc1ccc2c3c1C(CNC(=O)OC(C)(C)C)OB3OC(C)(CO)CO2.Cc1ccc2c3c1[C@@H](CN)OB3O[C@@](C)(CO)CO2.Cc1ccc2c3c1[C@@H](CN)OB3O[C@](C)(CO)CO2. The predicted octanol–water partition coefficient (Wildman–Crippen LogP) is 2.23. The van der Waals surface area contributed by atoms with E-state index in [2.05, 4.69) is 5.32 Å². The van der Waals surface area contributed by atoms with E-state index in [-0.39, 0.29) is 51.3 Å². The summed E-state index contributed by atoms with van der Waals surface area (Å²) < 4.78 is 58.4. The molecule has 3 aromatic carbocycles. The maximum atomic E-state index is 12.0. The monoisotopic (exact) mass is 919 g/mol. The predicted molar refractivity (Wildman–Crippen MR) is 251 cm³/mol. The summed E-state index contributed by atoms with van der Waals surface area (Å²) in [7, 11) is -1.68. The first-order chi connectivity index (χ1) is 31.3. The molecule has 6 heterocycles. The van der Waals surface area contributed by atoms with Gasteiger partial charge >= 0.3 is 27.4 Å². The number of hydrogen-bond acceptors (Lipinski definition) is 16. The zero-order valence-electron chi connectivity index (χ0n) is 40.3. The van der Waals surface area contributed by atoms with E-state index < -0.39 is 49.9 Å². The van der Waals surface area contributed by atoms with Gasteiger partial charge in [0.15, 0.2) is 0 Å². The molecule has 6 aliphatic rings. The summed E-state index contributed by atoms with van der Waals surface area (Å²) >= 11 is 0. The van der Waals surface area contributed by atoms with Crippen molar-refractivity contribution in [2.75, 3.05) is 59.3 Å². The van der Waals surface area contributed by atoms with E-state index in [0.29, 0.717) is 32.1 Å². The van der Waals surface area contributed by atoms with Gasteiger partial charge in [0.25, 0.3) is 0 Å². The molecule has 8 N–H and O–H groups in total. The smallest absolute Gasteiger partial charge is 0.491 e. The summed E-state index contributed by atoms with van der Waals surface area (Å²) in [5.74, 6) is 2.21. The molecule has 0 spiro atoms. The van der Waals surface area contributed by atoms with Crippen LogP contribution in [0.2, 0.25) is 0 Å². The molecule has 0 saturated heterocycles. The first kappa shape index (κ1) is 51.5. The number of alkyl carbamates (subject to hydrolysis) is 1. The van der Waals surface area contributed by atoms with Crippen LogP contribution in [0.4, 0.5) is 4.79 Å². The molecule has 9 rings (SSSR count). The molecular weight excluding hydrogens is 851 g/mol. The summed E-state index contributed by atoms with van der Waals surface area (Å²) in [6.45, 7) is 22.3. The zero-order chi connectivity index (χ0) is 48.4. The minimum Gasteiger partial charge on any atom is -0.491 e. The van der Waals surface area contributed by atoms with Gasteiger partial charge in [0.1, 0.15) is 59.5 Å². The maximum absolute atomic E-state index is 12.0. The van der Waals surface area contributed by atoms with E-state index >= 15 is 0 Å². The lowest BCUT2D eigenvalue weighted by Crippen LogP contribution is -2.45. The Hall–Kier alpha value is -3.92. The number of carbonyl (C=O) groups excluding carboxylic acids is 1. The highest BCUT2D eigenvalue weighted by Crippen LogP contribution is 2.38. The molecule has 0 aromatic heterocycles. The Kier molecular flexibility index (Phi) is 16.2. The molecule has 0 bridgehead atoms. The van der Waals surface area contributed by atoms with Crippen molar-refractivity contribution in [3.8, 4) is 17.2 Å². The van der Waals surface area contributed by atoms with Crippen molar-refractivity contribution >= 4 is 43.8 Å². The molecule has 20 heteroatoms. The third kappa shape index (κ3) is 10.8. The minimum absolute atomic E-state index is 0.123. The van der Waals surface area contributed by atoms with Gasteiger partial charge in [-0.1, -0.05) is 32.0 Å². The zero-order valence-corrected chi connectivity index (χ0v) is 40.3. The fraction of sp³-hybridized carbons (Fsp3) is 0.587. The Bertz CT molecular complexity index is 2110. The minimum atomic E-state index is -0.859. The summed E-state index contributed by atoms with van der Waals surface area (Å²) in [5.41, 5.74) is 17.6. The van der Waals surface area contributed by atoms with Crippen molar-refractivity contribution in [3.63, 3.8) is 0 Å². The van der Waals surface area contributed by atoms with E-state index in [4.69, 9.17) is 58.3 Å². The van der Waals surface area contributed by atoms with E-state index in [1.807, 2.05) is 106 Å². The molecule has 2 unspecified atom stereocenters. The Morgan fingerprint density at radius 3 is 1.26 bits per heavy atom. The van der Waals surface area contributed by atoms with Gasteiger partial charge in [0, 0.05) is 36.0 Å². The topological polar surface area (TPSA) is 234 Å². The van der Waals surface area contributed by atoms with Gasteiger partial charge < -0.3 is 79.0 Å². The number of amides is 1. The van der Waals surface area contributed by atoms with E-state index in [0.717, 1.165) is 61.3 Å². The van der Waals surface area contributed by atoms with Crippen molar-refractivity contribution in [3.05, 3.63) is 69.8 Å². The number of carbonyl (C=O) groups is 1. The third-order valence-electron chi connectivity index (χ3n) is 12.0. The number of nitrogens with one attached hydrogen (secondary N) is 1. The van der Waals surface area contributed by atoms with Gasteiger partial charge in [-0.3, -0.25) is 0 Å². The van der Waals surface area contributed by atoms with Crippen LogP contribution in [0.25, 0.3) is 0 Å². The standard InChI is InChI=1S/C18H26BNO6.2C13H18BNO4.C2H6/c1-11-6-7-12-15-14(11)13(8-20-16(22)24-17(2,3)4)25-19(15)26-18(5,9-21)10-23-12;2*1-8-3-4-9-12-11(8)10(5-15)18-14(12)19-13(2,6-16)7-17-9;1-2/h6-7,13,21H,8-10H2,1-5H3,(H,20,22);2*3-4,10,16H,5-7,15H2,1-2H3;1-2H3/t;10-,13+;10-,13-;/m.11./s1. The summed E-state index contributed by atoms with van der Waals surface area (Å²) in [6, 6.07) is 11.7. The van der Waals surface area contributed by atoms with Crippen LogP contribution in [0.5, 0.6) is 17.2 Å². The van der Waals surface area contributed by atoms with Crippen LogP contribution in [0.1, 0.15) is 107 Å². The van der Waals surface area contributed by atoms with E-state index in [1.165, 1.54) is 0 Å². The molecular formula is C46H68B3N3O14. The first-order valence-electron chi connectivity index (χ1n) is 22.8. The molecule has 1 amide bonds. The largest absolute Gasteiger partial charge is 0.499 e. The van der Waals surface area contributed by atoms with Gasteiger partial charge in [0.2, 0.25) is 0 Å². The summed E-state index contributed by atoms with van der Waals surface area (Å²) in [5, 5.41) is 31.4. The fourth-order valence-electron chi connectivity index (χ4n) is 8.49. The molecule has 0 aliphatic carbocycles. The summed E-state index contributed by atoms with van der Waals surface area (Å²) in [6.07, 6.45) is -1.23. The Morgan fingerprint density at radius 1 is 0.636 bits per heavy atom. The van der Waals surface area contributed by atoms with Crippen LogP contribution >= 0.6 is 0 Å². The highest BCUT2D eigenvalue weighted by atomic mass is 16.6. The second-order valence-electron chi connectivity index (χ2n) is 18.9. The molecule has 6 aliphatic heterocycles. The van der Waals surface area contributed by atoms with Crippen LogP contribution in [-0.2, 0) is 32.7 Å². The number of aliphatic hydroxyl groups is 3. The Morgan fingerprint density at radius 2 is 0.955 bits per heavy atom. The van der Waals surface area contributed by atoms with E-state index in [1.54, 1.807) is 6.92 Å². The molecule has 360 valence electrons. The quantitative estimate of drug-likeness (QED) is 0.187. The number of aryl methyl sites for hydroxylation is 3. The van der Waals surface area contributed by atoms with Crippen LogP contribution < -0.4 is 47.4 Å². The van der Waals surface area contributed by atoms with Crippen LogP contribution in [0, 0.1) is 20.8 Å². The van der Waals surface area contributed by atoms with Crippen molar-refractivity contribution in [2.45, 2.75) is 117 Å². The highest BCUT2D eigenvalue weighted by molar-refractivity contribution is 6.65. The van der Waals surface area contributed by atoms with Crippen molar-refractivity contribution < 1.29 is 67.0 Å². The molecule has 66 heavy (non-hydrogen) atoms. The molecule has 6 atom stereocenters. The number of ether oxygens (including phenoxy) is 4. The number of benzene rings is 3. The molecule has 0 fully saturated rings.